The van der Waals surface area contributed by atoms with Crippen LogP contribution in [-0.4, -0.2) is 79.3 Å². The molecular weight excluding hydrogens is 989 g/mol. The summed E-state index contributed by atoms with van der Waals surface area (Å²) in [7, 11) is 0. The molecule has 23 heteroatoms. The molecule has 0 bridgehead atoms. The average molecular weight is 1030 g/mol. The first kappa shape index (κ1) is 51.9. The van der Waals surface area contributed by atoms with Gasteiger partial charge in [-0.2, -0.15) is 31.6 Å². The zero-order valence-corrected chi connectivity index (χ0v) is 40.3. The normalized spacial score (nSPS) is 19.4. The highest BCUT2D eigenvalue weighted by Gasteiger charge is 2.53. The summed E-state index contributed by atoms with van der Waals surface area (Å²) in [5.74, 6) is -5.99. The molecule has 3 aliphatic heterocycles. The lowest BCUT2D eigenvalue weighted by molar-refractivity contribution is -0.138. The number of carbonyl (C=O) groups excluding carboxylic acids is 4. The van der Waals surface area contributed by atoms with Gasteiger partial charge in [-0.3, -0.25) is 29.1 Å². The van der Waals surface area contributed by atoms with Crippen LogP contribution in [0.15, 0.2) is 72.8 Å². The van der Waals surface area contributed by atoms with Crippen molar-refractivity contribution >= 4 is 81.1 Å². The number of carbonyl (C=O) groups is 4. The zero-order valence-electron chi connectivity index (χ0n) is 38.6. The van der Waals surface area contributed by atoms with Crippen molar-refractivity contribution in [2.24, 2.45) is 0 Å². The minimum absolute atomic E-state index is 0.0123. The second-order valence-corrected chi connectivity index (χ2v) is 19.5. The van der Waals surface area contributed by atoms with E-state index in [2.05, 4.69) is 0 Å². The number of likely N-dealkylation sites (tertiary alicyclic amines) is 1. The number of amides is 3. The van der Waals surface area contributed by atoms with Crippen LogP contribution in [0.5, 0.6) is 11.5 Å². The maximum absolute atomic E-state index is 16.1. The van der Waals surface area contributed by atoms with Crippen molar-refractivity contribution in [2.75, 3.05) is 26.1 Å². The van der Waals surface area contributed by atoms with E-state index in [1.54, 1.807) is 0 Å². The maximum atomic E-state index is 16.1. The van der Waals surface area contributed by atoms with Crippen LogP contribution in [0.4, 0.5) is 62.7 Å². The number of anilines is 4. The summed E-state index contributed by atoms with van der Waals surface area (Å²) in [6, 6.07) is 11.4. The van der Waals surface area contributed by atoms with E-state index in [-0.39, 0.29) is 40.3 Å². The third-order valence-electron chi connectivity index (χ3n) is 12.0. The van der Waals surface area contributed by atoms with Gasteiger partial charge in [-0.25, -0.2) is 13.6 Å². The zero-order chi connectivity index (χ0) is 52.7. The smallest absolute Gasteiger partial charge is 0.417 e. The van der Waals surface area contributed by atoms with Gasteiger partial charge in [-0.05, 0) is 134 Å². The summed E-state index contributed by atoms with van der Waals surface area (Å²) in [5, 5.41) is 18.3. The summed E-state index contributed by atoms with van der Waals surface area (Å²) >= 11 is 11.1. The minimum Gasteiger partial charge on any atom is -0.505 e. The summed E-state index contributed by atoms with van der Waals surface area (Å²) in [6.45, 7) is 9.92. The Morgan fingerprint density at radius 2 is 1.23 bits per heavy atom. The molecule has 3 saturated heterocycles. The number of ketones is 1. The number of alkyl halides is 6. The monoisotopic (exact) mass is 1030 g/mol. The number of hydrogen-bond acceptors (Lipinski definition) is 10. The summed E-state index contributed by atoms with van der Waals surface area (Å²) in [6.07, 6.45) is -12.9. The van der Waals surface area contributed by atoms with Gasteiger partial charge in [-0.15, -0.1) is 0 Å². The molecule has 3 aliphatic rings. The number of piperidine rings is 1. The van der Waals surface area contributed by atoms with Gasteiger partial charge >= 0.3 is 18.4 Å². The number of thiocarbonyl (C=S) groups is 2. The summed E-state index contributed by atoms with van der Waals surface area (Å²) in [5.41, 5.74) is -9.38. The molecule has 3 heterocycles. The Hall–Kier alpha value is -6.93. The van der Waals surface area contributed by atoms with Crippen molar-refractivity contribution in [2.45, 2.75) is 102 Å². The predicted octanol–water partition coefficient (Wildman–Crippen LogP) is 10.4. The second-order valence-electron chi connectivity index (χ2n) is 18.8. The van der Waals surface area contributed by atoms with E-state index in [1.807, 2.05) is 0 Å². The predicted molar refractivity (Wildman–Crippen MR) is 250 cm³/mol. The number of phenols is 1. The van der Waals surface area contributed by atoms with Crippen LogP contribution in [0.2, 0.25) is 0 Å². The fourth-order valence-electron chi connectivity index (χ4n) is 8.58. The van der Waals surface area contributed by atoms with Crippen LogP contribution in [0.1, 0.15) is 88.4 Å². The standard InChI is InChI=1S/C48H42F8N6O7S2/c1-44(2,3)69-43(67)58-17-16-29(68-37-15-12-28(21-34(37)50)62-41(70)59(39(65)46(62,6)7)25-9-8-24(23-57)31(18-25)47(51,52)53)22-35(58)38(64)30-13-10-26(19-32(30)48(54,55)56)60-40(66)45(4,5)61(42(60)71)27-11-14-36(63)33(49)20-27/h8-15,18-21,29,35,63H,16-17,22H2,1-7H3. The number of ether oxygens (including phenoxy) is 2. The van der Waals surface area contributed by atoms with Crippen molar-refractivity contribution in [1.82, 2.24) is 4.90 Å². The van der Waals surface area contributed by atoms with Gasteiger partial charge in [0, 0.05) is 48.5 Å². The van der Waals surface area contributed by atoms with Crippen LogP contribution in [0.3, 0.4) is 0 Å². The van der Waals surface area contributed by atoms with E-state index >= 15 is 17.6 Å². The second kappa shape index (κ2) is 18.0. The Morgan fingerprint density at radius 3 is 1.72 bits per heavy atom. The number of nitriles is 1. The Bertz CT molecular complexity index is 2970. The van der Waals surface area contributed by atoms with Crippen molar-refractivity contribution in [3.63, 3.8) is 0 Å². The quantitative estimate of drug-likeness (QED) is 0.102. The lowest BCUT2D eigenvalue weighted by Crippen LogP contribution is -2.53. The van der Waals surface area contributed by atoms with Crippen LogP contribution in [0, 0.1) is 23.0 Å². The maximum Gasteiger partial charge on any atom is 0.417 e. The van der Waals surface area contributed by atoms with Gasteiger partial charge in [0.15, 0.2) is 39.1 Å². The Labute approximate surface area is 411 Å². The van der Waals surface area contributed by atoms with Crippen molar-refractivity contribution in [1.29, 1.82) is 5.26 Å². The van der Waals surface area contributed by atoms with Gasteiger partial charge in [0.2, 0.25) is 0 Å². The number of rotatable bonds is 8. The molecule has 13 nitrogen and oxygen atoms in total. The van der Waals surface area contributed by atoms with Gasteiger partial charge in [0.05, 0.1) is 34.1 Å². The van der Waals surface area contributed by atoms with Crippen LogP contribution in [-0.2, 0) is 26.7 Å². The molecular formula is C48H42F8N6O7S2. The van der Waals surface area contributed by atoms with Gasteiger partial charge in [0.1, 0.15) is 28.8 Å². The van der Waals surface area contributed by atoms with E-state index in [4.69, 9.17) is 33.9 Å². The van der Waals surface area contributed by atoms with Gasteiger partial charge in [-0.1, -0.05) is 0 Å². The molecule has 4 aromatic rings. The number of halogens is 8. The highest BCUT2D eigenvalue weighted by molar-refractivity contribution is 7.81. The third kappa shape index (κ3) is 9.53. The molecule has 0 spiro atoms. The molecule has 0 saturated carbocycles. The molecule has 7 rings (SSSR count). The first-order chi connectivity index (χ1) is 32.8. The molecule has 3 fully saturated rings. The van der Waals surface area contributed by atoms with Crippen molar-refractivity contribution in [3.8, 4) is 17.6 Å². The van der Waals surface area contributed by atoms with E-state index in [9.17, 15) is 47.1 Å². The highest BCUT2D eigenvalue weighted by Crippen LogP contribution is 2.44. The number of hydrogen-bond donors (Lipinski definition) is 1. The Morgan fingerprint density at radius 1 is 0.732 bits per heavy atom. The van der Waals surface area contributed by atoms with Gasteiger partial charge < -0.3 is 24.4 Å². The Kier molecular flexibility index (Phi) is 13.2. The third-order valence-corrected chi connectivity index (χ3v) is 12.7. The van der Waals surface area contributed by atoms with E-state index < -0.39 is 122 Å². The highest BCUT2D eigenvalue weighted by atomic mass is 32.1. The lowest BCUT2D eigenvalue weighted by atomic mass is 9.90. The fraction of sp³-hybridized carbons (Fsp3) is 0.354. The summed E-state index contributed by atoms with van der Waals surface area (Å²) in [4.78, 5) is 60.7. The van der Waals surface area contributed by atoms with Crippen LogP contribution < -0.4 is 24.3 Å². The molecule has 0 aliphatic carbocycles. The largest absolute Gasteiger partial charge is 0.505 e. The molecule has 71 heavy (non-hydrogen) atoms. The number of phenolic OH excluding ortho intramolecular Hbond substituents is 1. The minimum atomic E-state index is -5.24. The fourth-order valence-corrected chi connectivity index (χ4v) is 9.63. The Balaban J connectivity index is 1.18. The molecule has 2 unspecified atom stereocenters. The van der Waals surface area contributed by atoms with E-state index in [1.165, 1.54) is 76.5 Å². The lowest BCUT2D eigenvalue weighted by Gasteiger charge is -2.39. The first-order valence-corrected chi connectivity index (χ1v) is 22.3. The van der Waals surface area contributed by atoms with Crippen LogP contribution in [0.25, 0.3) is 0 Å². The molecule has 0 radical (unpaired) electrons. The summed E-state index contributed by atoms with van der Waals surface area (Å²) < 4.78 is 129. The number of benzene rings is 4. The molecule has 4 aromatic carbocycles. The van der Waals surface area contributed by atoms with E-state index in [0.29, 0.717) is 12.1 Å². The average Bonchev–Trinajstić information content (AvgIpc) is 3.56. The first-order valence-electron chi connectivity index (χ1n) is 21.5. The number of nitrogens with zero attached hydrogens (tertiary/aromatic N) is 6. The van der Waals surface area contributed by atoms with E-state index in [0.717, 1.165) is 63.2 Å². The number of Topliss-reactive ketones (excluding diaryl/α,β-unsaturated/α-hetero) is 1. The molecule has 1 N–H and O–H groups in total. The van der Waals surface area contributed by atoms with Crippen molar-refractivity contribution in [3.05, 3.63) is 107 Å². The SMILES string of the molecule is CC(C)(C)OC(=O)N1CCC(Oc2ccc(N3C(=S)N(c4ccc(C#N)c(C(F)(F)F)c4)C(=O)C3(C)C)cc2F)CC1C(=O)c1ccc(N2C(=O)C(C)(C)N(c3ccc(O)c(F)c3)C2=S)cc1C(F)(F)F. The molecule has 2 atom stereocenters. The molecule has 0 aromatic heterocycles. The molecule has 374 valence electrons. The molecule has 3 amide bonds. The van der Waals surface area contributed by atoms with Gasteiger partial charge in [0.25, 0.3) is 11.8 Å². The number of aromatic hydroxyl groups is 1. The van der Waals surface area contributed by atoms with Crippen LogP contribution >= 0.6 is 24.4 Å². The van der Waals surface area contributed by atoms with Crippen molar-refractivity contribution < 1.29 is 68.9 Å². The topological polar surface area (TPSA) is 147 Å².